The van der Waals surface area contributed by atoms with E-state index in [1.165, 1.54) is 0 Å². The maximum atomic E-state index is 5.05. The molecule has 0 fully saturated rings. The number of hydrogen-bond acceptors (Lipinski definition) is 4. The Morgan fingerprint density at radius 1 is 1.44 bits per heavy atom. The van der Waals surface area contributed by atoms with Gasteiger partial charge in [-0.15, -0.1) is 0 Å². The Bertz CT molecular complexity index is 502. The first-order chi connectivity index (χ1) is 8.70. The summed E-state index contributed by atoms with van der Waals surface area (Å²) in [5.74, 6) is 0.835. The van der Waals surface area contributed by atoms with Gasteiger partial charge >= 0.3 is 0 Å². The highest BCUT2D eigenvalue weighted by atomic mass is 16.5. The van der Waals surface area contributed by atoms with Crippen LogP contribution in [0.4, 0.5) is 11.6 Å². The standard InChI is InChI=1S/C12H19N5O/c1-10-11(9-16(2)15-10)14-12-13-5-7-17(12)6-4-8-18-3/h5,7,9H,4,6,8H2,1-3H3,(H,13,14). The number of rotatable bonds is 6. The fourth-order valence-electron chi connectivity index (χ4n) is 1.84. The normalized spacial score (nSPS) is 10.8. The van der Waals surface area contributed by atoms with Crippen LogP contribution < -0.4 is 5.32 Å². The largest absolute Gasteiger partial charge is 0.385 e. The molecular weight excluding hydrogens is 230 g/mol. The molecule has 18 heavy (non-hydrogen) atoms. The van der Waals surface area contributed by atoms with Crippen molar-refractivity contribution in [1.29, 1.82) is 0 Å². The third-order valence-corrected chi connectivity index (χ3v) is 2.72. The molecule has 0 aromatic carbocycles. The summed E-state index contributed by atoms with van der Waals surface area (Å²) in [5, 5.41) is 7.59. The van der Waals surface area contributed by atoms with Crippen molar-refractivity contribution in [2.45, 2.75) is 19.9 Å². The Kier molecular flexibility index (Phi) is 3.99. The lowest BCUT2D eigenvalue weighted by atomic mass is 10.4. The maximum absolute atomic E-state index is 5.05. The van der Waals surface area contributed by atoms with Crippen LogP contribution in [-0.2, 0) is 18.3 Å². The number of nitrogens with zero attached hydrogens (tertiary/aromatic N) is 4. The number of nitrogens with one attached hydrogen (secondary N) is 1. The Hall–Kier alpha value is -1.82. The van der Waals surface area contributed by atoms with Gasteiger partial charge in [-0.2, -0.15) is 5.10 Å². The summed E-state index contributed by atoms with van der Waals surface area (Å²) in [6, 6.07) is 0. The van der Waals surface area contributed by atoms with Crippen molar-refractivity contribution in [3.8, 4) is 0 Å². The highest BCUT2D eigenvalue weighted by Gasteiger charge is 2.07. The van der Waals surface area contributed by atoms with Gasteiger partial charge in [-0.3, -0.25) is 4.68 Å². The summed E-state index contributed by atoms with van der Waals surface area (Å²) >= 11 is 0. The van der Waals surface area contributed by atoms with Crippen molar-refractivity contribution in [1.82, 2.24) is 19.3 Å². The van der Waals surface area contributed by atoms with Gasteiger partial charge < -0.3 is 14.6 Å². The van der Waals surface area contributed by atoms with E-state index in [9.17, 15) is 0 Å². The monoisotopic (exact) mass is 249 g/mol. The highest BCUT2D eigenvalue weighted by molar-refractivity contribution is 5.55. The number of aromatic nitrogens is 4. The van der Waals surface area contributed by atoms with E-state index in [1.54, 1.807) is 18.0 Å². The van der Waals surface area contributed by atoms with Crippen molar-refractivity contribution < 1.29 is 4.74 Å². The van der Waals surface area contributed by atoms with E-state index in [-0.39, 0.29) is 0 Å². The van der Waals surface area contributed by atoms with Crippen LogP contribution >= 0.6 is 0 Å². The van der Waals surface area contributed by atoms with Gasteiger partial charge in [0.2, 0.25) is 5.95 Å². The van der Waals surface area contributed by atoms with E-state index in [1.807, 2.05) is 26.4 Å². The fourth-order valence-corrected chi connectivity index (χ4v) is 1.84. The SMILES string of the molecule is COCCCn1ccnc1Nc1cn(C)nc1C. The van der Waals surface area contributed by atoms with Gasteiger partial charge in [-0.05, 0) is 13.3 Å². The highest BCUT2D eigenvalue weighted by Crippen LogP contribution is 2.17. The molecule has 0 radical (unpaired) electrons. The average molecular weight is 249 g/mol. The third kappa shape index (κ3) is 2.89. The second-order valence-electron chi connectivity index (χ2n) is 4.22. The minimum absolute atomic E-state index is 0.754. The zero-order valence-corrected chi connectivity index (χ0v) is 11.1. The molecule has 2 rings (SSSR count). The van der Waals surface area contributed by atoms with Crippen molar-refractivity contribution in [3.63, 3.8) is 0 Å². The van der Waals surface area contributed by atoms with Gasteiger partial charge in [-0.25, -0.2) is 4.98 Å². The van der Waals surface area contributed by atoms with Gasteiger partial charge in [0.25, 0.3) is 0 Å². The lowest BCUT2D eigenvalue weighted by molar-refractivity contribution is 0.190. The van der Waals surface area contributed by atoms with Crippen LogP contribution in [-0.4, -0.2) is 33.0 Å². The summed E-state index contributed by atoms with van der Waals surface area (Å²) in [6.07, 6.45) is 6.67. The summed E-state index contributed by atoms with van der Waals surface area (Å²) < 4.78 is 8.92. The molecule has 1 N–H and O–H groups in total. The quantitative estimate of drug-likeness (QED) is 0.792. The molecule has 2 heterocycles. The first-order valence-corrected chi connectivity index (χ1v) is 5.98. The van der Waals surface area contributed by atoms with Crippen LogP contribution in [0.2, 0.25) is 0 Å². The topological polar surface area (TPSA) is 56.9 Å². The second kappa shape index (κ2) is 5.68. The van der Waals surface area contributed by atoms with Crippen LogP contribution in [0, 0.1) is 6.92 Å². The van der Waals surface area contributed by atoms with Gasteiger partial charge in [0.05, 0.1) is 11.4 Å². The van der Waals surface area contributed by atoms with Gasteiger partial charge in [0, 0.05) is 45.9 Å². The Balaban J connectivity index is 2.05. The van der Waals surface area contributed by atoms with E-state index >= 15 is 0 Å². The van der Waals surface area contributed by atoms with Crippen molar-refractivity contribution in [3.05, 3.63) is 24.3 Å². The van der Waals surface area contributed by atoms with E-state index < -0.39 is 0 Å². The van der Waals surface area contributed by atoms with Crippen molar-refractivity contribution in [2.24, 2.45) is 7.05 Å². The number of hydrogen-bond donors (Lipinski definition) is 1. The first kappa shape index (κ1) is 12.6. The molecule has 2 aromatic heterocycles. The molecule has 0 spiro atoms. The van der Waals surface area contributed by atoms with Crippen LogP contribution in [0.15, 0.2) is 18.6 Å². The molecule has 0 atom stereocenters. The summed E-state index contributed by atoms with van der Waals surface area (Å²) in [5.41, 5.74) is 1.95. The number of methoxy groups -OCH3 is 1. The number of imidazole rings is 1. The minimum Gasteiger partial charge on any atom is -0.385 e. The molecule has 98 valence electrons. The van der Waals surface area contributed by atoms with E-state index in [2.05, 4.69) is 20.0 Å². The van der Waals surface area contributed by atoms with E-state index in [0.29, 0.717) is 0 Å². The lowest BCUT2D eigenvalue weighted by Gasteiger charge is -2.08. The molecule has 6 nitrogen and oxygen atoms in total. The molecular formula is C12H19N5O. The molecule has 2 aromatic rings. The van der Waals surface area contributed by atoms with Crippen molar-refractivity contribution >= 4 is 11.6 Å². The zero-order chi connectivity index (χ0) is 13.0. The van der Waals surface area contributed by atoms with Crippen LogP contribution in [0.25, 0.3) is 0 Å². The Labute approximate surface area is 107 Å². The molecule has 0 amide bonds. The predicted molar refractivity (Wildman–Crippen MR) is 69.9 cm³/mol. The minimum atomic E-state index is 0.754. The number of ether oxygens (including phenoxy) is 1. The molecule has 0 aliphatic carbocycles. The molecule has 0 saturated heterocycles. The summed E-state index contributed by atoms with van der Waals surface area (Å²) in [4.78, 5) is 4.31. The summed E-state index contributed by atoms with van der Waals surface area (Å²) in [6.45, 7) is 3.61. The molecule has 0 bridgehead atoms. The van der Waals surface area contributed by atoms with Crippen LogP contribution in [0.1, 0.15) is 12.1 Å². The Morgan fingerprint density at radius 2 is 2.28 bits per heavy atom. The average Bonchev–Trinajstić information content (AvgIpc) is 2.88. The fraction of sp³-hybridized carbons (Fsp3) is 0.500. The molecule has 0 aliphatic rings. The second-order valence-corrected chi connectivity index (χ2v) is 4.22. The van der Waals surface area contributed by atoms with E-state index in [0.717, 1.165) is 36.9 Å². The third-order valence-electron chi connectivity index (χ3n) is 2.72. The van der Waals surface area contributed by atoms with Crippen LogP contribution in [0.5, 0.6) is 0 Å². The van der Waals surface area contributed by atoms with Crippen LogP contribution in [0.3, 0.4) is 0 Å². The number of anilines is 2. The molecule has 0 saturated carbocycles. The van der Waals surface area contributed by atoms with Gasteiger partial charge in [-0.1, -0.05) is 0 Å². The van der Waals surface area contributed by atoms with Gasteiger partial charge in [0.15, 0.2) is 0 Å². The van der Waals surface area contributed by atoms with E-state index in [4.69, 9.17) is 4.74 Å². The Morgan fingerprint density at radius 3 is 2.94 bits per heavy atom. The maximum Gasteiger partial charge on any atom is 0.207 e. The zero-order valence-electron chi connectivity index (χ0n) is 11.1. The summed E-state index contributed by atoms with van der Waals surface area (Å²) in [7, 11) is 3.62. The predicted octanol–water partition coefficient (Wildman–Crippen LogP) is 1.71. The lowest BCUT2D eigenvalue weighted by Crippen LogP contribution is -2.05. The molecule has 0 unspecified atom stereocenters. The molecule has 0 aliphatic heterocycles. The van der Waals surface area contributed by atoms with Gasteiger partial charge in [0.1, 0.15) is 0 Å². The smallest absolute Gasteiger partial charge is 0.207 e. The van der Waals surface area contributed by atoms with Crippen molar-refractivity contribution in [2.75, 3.05) is 19.0 Å². The number of aryl methyl sites for hydroxylation is 3. The molecule has 6 heteroatoms. The first-order valence-electron chi connectivity index (χ1n) is 5.98.